The van der Waals surface area contributed by atoms with Crippen LogP contribution < -0.4 is 4.90 Å². The molecule has 0 amide bonds. The fraction of sp³-hybridized carbons (Fsp3) is 0.500. The smallest absolute Gasteiger partial charge is 0.159 e. The third-order valence-electron chi connectivity index (χ3n) is 4.08. The second-order valence-electron chi connectivity index (χ2n) is 5.25. The van der Waals surface area contributed by atoms with Gasteiger partial charge in [0.1, 0.15) is 17.1 Å². The van der Waals surface area contributed by atoms with Crippen molar-refractivity contribution in [2.24, 2.45) is 5.41 Å². The van der Waals surface area contributed by atoms with E-state index in [9.17, 15) is 4.39 Å². The number of hydrogen-bond acceptors (Lipinski definition) is 3. The molecule has 1 saturated heterocycles. The van der Waals surface area contributed by atoms with E-state index in [1.54, 1.807) is 22.8 Å². The van der Waals surface area contributed by atoms with Crippen LogP contribution in [0.5, 0.6) is 0 Å². The molecule has 1 saturated carbocycles. The van der Waals surface area contributed by atoms with Gasteiger partial charge in [-0.2, -0.15) is 9.61 Å². The largest absolute Gasteiger partial charge is 0.353 e. The summed E-state index contributed by atoms with van der Waals surface area (Å²) in [5.74, 6) is 0.835. The Bertz CT molecular complexity index is 622. The predicted octanol–water partition coefficient (Wildman–Crippen LogP) is 2.32. The number of nitrogens with zero attached hydrogens (tertiary/aromatic N) is 4. The lowest BCUT2D eigenvalue weighted by Gasteiger charge is -2.18. The van der Waals surface area contributed by atoms with Gasteiger partial charge in [-0.05, 0) is 12.8 Å². The highest BCUT2D eigenvalue weighted by atomic mass is 35.5. The van der Waals surface area contributed by atoms with Gasteiger partial charge < -0.3 is 4.90 Å². The monoisotopic (exact) mass is 266 g/mol. The number of rotatable bonds is 1. The van der Waals surface area contributed by atoms with Gasteiger partial charge in [-0.15, -0.1) is 0 Å². The topological polar surface area (TPSA) is 33.4 Å². The lowest BCUT2D eigenvalue weighted by atomic mass is 10.1. The zero-order valence-corrected chi connectivity index (χ0v) is 10.4. The number of anilines is 1. The number of aromatic nitrogens is 3. The molecule has 94 valence electrons. The van der Waals surface area contributed by atoms with Crippen LogP contribution in [0.1, 0.15) is 12.8 Å². The summed E-state index contributed by atoms with van der Waals surface area (Å²) < 4.78 is 15.7. The Morgan fingerprint density at radius 1 is 1.44 bits per heavy atom. The van der Waals surface area contributed by atoms with E-state index in [-0.39, 0.29) is 5.41 Å². The SMILES string of the molecule is FC1CN(c2cc(Cl)nc3ccnn23)CC12CC2. The predicted molar refractivity (Wildman–Crippen MR) is 66.8 cm³/mol. The van der Waals surface area contributed by atoms with Gasteiger partial charge in [0.15, 0.2) is 5.65 Å². The molecule has 2 fully saturated rings. The Kier molecular flexibility index (Phi) is 1.96. The van der Waals surface area contributed by atoms with E-state index < -0.39 is 6.17 Å². The van der Waals surface area contributed by atoms with Crippen molar-refractivity contribution < 1.29 is 4.39 Å². The minimum Gasteiger partial charge on any atom is -0.353 e. The standard InChI is InChI=1S/C12H12ClFN4/c13-9-5-11(18-10(16-9)1-4-15-18)17-6-8(14)12(7-17)2-3-12/h1,4-5,8H,2-3,6-7H2. The van der Waals surface area contributed by atoms with E-state index in [2.05, 4.69) is 10.1 Å². The van der Waals surface area contributed by atoms with E-state index in [0.717, 1.165) is 25.2 Å². The molecule has 0 aromatic carbocycles. The minimum absolute atomic E-state index is 0.102. The molecule has 0 radical (unpaired) electrons. The van der Waals surface area contributed by atoms with Crippen molar-refractivity contribution in [3.63, 3.8) is 0 Å². The van der Waals surface area contributed by atoms with Crippen molar-refractivity contribution in [2.45, 2.75) is 19.0 Å². The molecule has 6 heteroatoms. The summed E-state index contributed by atoms with van der Waals surface area (Å²) in [5.41, 5.74) is 0.597. The molecule has 4 rings (SSSR count). The molecule has 1 spiro atoms. The number of hydrogen-bond donors (Lipinski definition) is 0. The highest BCUT2D eigenvalue weighted by Gasteiger charge is 2.56. The van der Waals surface area contributed by atoms with Crippen molar-refractivity contribution in [2.75, 3.05) is 18.0 Å². The zero-order chi connectivity index (χ0) is 12.3. The van der Waals surface area contributed by atoms with Crippen LogP contribution in [0.15, 0.2) is 18.3 Å². The first-order valence-electron chi connectivity index (χ1n) is 6.07. The van der Waals surface area contributed by atoms with Crippen LogP contribution in [0.3, 0.4) is 0 Å². The van der Waals surface area contributed by atoms with Crippen molar-refractivity contribution >= 4 is 23.1 Å². The summed E-state index contributed by atoms with van der Waals surface area (Å²) in [6.45, 7) is 1.18. The molecule has 1 unspecified atom stereocenters. The van der Waals surface area contributed by atoms with Crippen LogP contribution in [0.4, 0.5) is 10.2 Å². The molecule has 0 N–H and O–H groups in total. The summed E-state index contributed by atoms with van der Waals surface area (Å²) >= 11 is 6.01. The molecular weight excluding hydrogens is 255 g/mol. The molecule has 3 heterocycles. The van der Waals surface area contributed by atoms with Gasteiger partial charge in [0, 0.05) is 24.1 Å². The summed E-state index contributed by atoms with van der Waals surface area (Å²) in [6, 6.07) is 3.56. The first-order valence-corrected chi connectivity index (χ1v) is 6.45. The number of fused-ring (bicyclic) bond motifs is 1. The lowest BCUT2D eigenvalue weighted by molar-refractivity contribution is 0.267. The molecule has 1 aliphatic heterocycles. The van der Waals surface area contributed by atoms with E-state index in [1.165, 1.54) is 0 Å². The van der Waals surface area contributed by atoms with Gasteiger partial charge in [-0.3, -0.25) is 0 Å². The number of halogens is 2. The minimum atomic E-state index is -0.741. The molecule has 2 aromatic heterocycles. The van der Waals surface area contributed by atoms with Crippen LogP contribution in [0, 0.1) is 5.41 Å². The van der Waals surface area contributed by atoms with E-state index in [0.29, 0.717) is 17.3 Å². The molecule has 0 bridgehead atoms. The van der Waals surface area contributed by atoms with E-state index >= 15 is 0 Å². The van der Waals surface area contributed by atoms with Crippen LogP contribution in [0.2, 0.25) is 5.15 Å². The van der Waals surface area contributed by atoms with E-state index in [1.807, 2.05) is 4.90 Å². The third-order valence-corrected chi connectivity index (χ3v) is 4.27. The van der Waals surface area contributed by atoms with Gasteiger partial charge in [0.2, 0.25) is 0 Å². The Labute approximate surface area is 108 Å². The van der Waals surface area contributed by atoms with Gasteiger partial charge >= 0.3 is 0 Å². The van der Waals surface area contributed by atoms with Gasteiger partial charge in [-0.1, -0.05) is 11.6 Å². The highest BCUT2D eigenvalue weighted by Crippen LogP contribution is 2.54. The van der Waals surface area contributed by atoms with Crippen molar-refractivity contribution in [1.29, 1.82) is 0 Å². The third kappa shape index (κ3) is 1.37. The fourth-order valence-electron chi connectivity index (χ4n) is 2.83. The number of alkyl halides is 1. The van der Waals surface area contributed by atoms with Gasteiger partial charge in [-0.25, -0.2) is 9.37 Å². The van der Waals surface area contributed by atoms with Crippen molar-refractivity contribution in [3.8, 4) is 0 Å². The maximum atomic E-state index is 14.0. The molecule has 2 aliphatic rings. The Balaban J connectivity index is 1.80. The molecular formula is C12H12ClFN4. The lowest BCUT2D eigenvalue weighted by Crippen LogP contribution is -2.23. The van der Waals surface area contributed by atoms with Crippen LogP contribution in [0.25, 0.3) is 5.65 Å². The second kappa shape index (κ2) is 3.35. The van der Waals surface area contributed by atoms with Gasteiger partial charge in [0.05, 0.1) is 12.7 Å². The maximum absolute atomic E-state index is 14.0. The average Bonchev–Trinajstić information content (AvgIpc) is 2.83. The first-order chi connectivity index (χ1) is 8.68. The normalized spacial score (nSPS) is 25.2. The maximum Gasteiger partial charge on any atom is 0.159 e. The highest BCUT2D eigenvalue weighted by molar-refractivity contribution is 6.29. The summed E-state index contributed by atoms with van der Waals surface area (Å²) in [5, 5.41) is 4.65. The van der Waals surface area contributed by atoms with Gasteiger partial charge in [0.25, 0.3) is 0 Å². The second-order valence-corrected chi connectivity index (χ2v) is 5.64. The van der Waals surface area contributed by atoms with E-state index in [4.69, 9.17) is 11.6 Å². The Morgan fingerprint density at radius 2 is 2.28 bits per heavy atom. The van der Waals surface area contributed by atoms with Crippen LogP contribution in [-0.2, 0) is 0 Å². The first kappa shape index (κ1) is 10.6. The zero-order valence-electron chi connectivity index (χ0n) is 9.68. The van der Waals surface area contributed by atoms with Crippen molar-refractivity contribution in [1.82, 2.24) is 14.6 Å². The quantitative estimate of drug-likeness (QED) is 0.743. The summed E-state index contributed by atoms with van der Waals surface area (Å²) in [7, 11) is 0. The van der Waals surface area contributed by atoms with Crippen LogP contribution in [-0.4, -0.2) is 33.9 Å². The molecule has 2 aromatic rings. The average molecular weight is 267 g/mol. The molecule has 18 heavy (non-hydrogen) atoms. The molecule has 1 atom stereocenters. The molecule has 1 aliphatic carbocycles. The molecule has 4 nitrogen and oxygen atoms in total. The summed E-state index contributed by atoms with van der Waals surface area (Å²) in [6.07, 6.45) is 2.92. The summed E-state index contributed by atoms with van der Waals surface area (Å²) in [4.78, 5) is 6.22. The Morgan fingerprint density at radius 3 is 3.00 bits per heavy atom. The van der Waals surface area contributed by atoms with Crippen molar-refractivity contribution in [3.05, 3.63) is 23.5 Å². The Hall–Kier alpha value is -1.36. The fourth-order valence-corrected chi connectivity index (χ4v) is 3.01. The van der Waals surface area contributed by atoms with Crippen LogP contribution >= 0.6 is 11.6 Å².